The average molecular weight is 363 g/mol. The van der Waals surface area contributed by atoms with Gasteiger partial charge in [0.05, 0.1) is 5.69 Å². The van der Waals surface area contributed by atoms with Crippen molar-refractivity contribution in [2.45, 2.75) is 13.8 Å². The van der Waals surface area contributed by atoms with Crippen LogP contribution in [0.1, 0.15) is 12.5 Å². The summed E-state index contributed by atoms with van der Waals surface area (Å²) in [5.41, 5.74) is 2.08. The van der Waals surface area contributed by atoms with Crippen molar-refractivity contribution in [2.75, 3.05) is 18.5 Å². The van der Waals surface area contributed by atoms with Gasteiger partial charge in [-0.05, 0) is 47.7 Å². The van der Waals surface area contributed by atoms with Crippen LogP contribution in [0.25, 0.3) is 21.5 Å². The molecular formula is C22H21NO4. The van der Waals surface area contributed by atoms with E-state index in [4.69, 9.17) is 9.47 Å². The Labute approximate surface area is 157 Å². The van der Waals surface area contributed by atoms with Gasteiger partial charge in [-0.15, -0.1) is 0 Å². The summed E-state index contributed by atoms with van der Waals surface area (Å²) in [5.74, 6) is -0.504. The van der Waals surface area contributed by atoms with Gasteiger partial charge in [0.1, 0.15) is 13.2 Å². The Morgan fingerprint density at radius 3 is 2.48 bits per heavy atom. The largest absolute Gasteiger partial charge is 0.459 e. The number of rotatable bonds is 5. The van der Waals surface area contributed by atoms with Crippen molar-refractivity contribution in [2.24, 2.45) is 0 Å². The van der Waals surface area contributed by atoms with Crippen LogP contribution < -0.4 is 5.32 Å². The van der Waals surface area contributed by atoms with Crippen molar-refractivity contribution in [3.8, 4) is 0 Å². The zero-order valence-corrected chi connectivity index (χ0v) is 15.4. The van der Waals surface area contributed by atoms with Gasteiger partial charge in [0.25, 0.3) is 0 Å². The summed E-state index contributed by atoms with van der Waals surface area (Å²) < 4.78 is 9.99. The first-order valence-corrected chi connectivity index (χ1v) is 8.65. The first kappa shape index (κ1) is 18.5. The molecule has 0 radical (unpaired) electrons. The van der Waals surface area contributed by atoms with Crippen LogP contribution in [-0.2, 0) is 14.3 Å². The normalized spacial score (nSPS) is 10.6. The monoisotopic (exact) mass is 363 g/mol. The fraction of sp³-hybridized carbons (Fsp3) is 0.182. The van der Waals surface area contributed by atoms with Gasteiger partial charge >= 0.3 is 12.1 Å². The molecule has 0 unspecified atom stereocenters. The van der Waals surface area contributed by atoms with Crippen LogP contribution in [0.4, 0.5) is 10.5 Å². The highest BCUT2D eigenvalue weighted by molar-refractivity contribution is 6.09. The molecular weight excluding hydrogens is 342 g/mol. The fourth-order valence-corrected chi connectivity index (χ4v) is 3.02. The summed E-state index contributed by atoms with van der Waals surface area (Å²) >= 11 is 0. The van der Waals surface area contributed by atoms with Crippen molar-refractivity contribution in [3.05, 3.63) is 66.2 Å². The molecule has 27 heavy (non-hydrogen) atoms. The van der Waals surface area contributed by atoms with Gasteiger partial charge in [0.15, 0.2) is 0 Å². The van der Waals surface area contributed by atoms with E-state index in [0.717, 1.165) is 27.1 Å². The van der Waals surface area contributed by atoms with Crippen molar-refractivity contribution in [1.82, 2.24) is 0 Å². The Morgan fingerprint density at radius 2 is 1.70 bits per heavy atom. The molecule has 3 aromatic rings. The van der Waals surface area contributed by atoms with E-state index in [-0.39, 0.29) is 13.2 Å². The van der Waals surface area contributed by atoms with E-state index in [1.807, 2.05) is 37.3 Å². The molecule has 3 rings (SSSR count). The Morgan fingerprint density at radius 1 is 1.00 bits per heavy atom. The first-order chi connectivity index (χ1) is 13.0. The topological polar surface area (TPSA) is 64.6 Å². The van der Waals surface area contributed by atoms with Crippen molar-refractivity contribution < 1.29 is 19.1 Å². The fourth-order valence-electron chi connectivity index (χ4n) is 3.02. The predicted molar refractivity (Wildman–Crippen MR) is 107 cm³/mol. The third-order valence-corrected chi connectivity index (χ3v) is 4.28. The number of aryl methyl sites for hydroxylation is 1. The minimum absolute atomic E-state index is 0.0156. The van der Waals surface area contributed by atoms with Gasteiger partial charge < -0.3 is 9.47 Å². The van der Waals surface area contributed by atoms with E-state index in [9.17, 15) is 9.59 Å². The molecule has 0 aliphatic carbocycles. The van der Waals surface area contributed by atoms with Crippen LogP contribution in [-0.4, -0.2) is 25.3 Å². The Hall–Kier alpha value is -3.34. The molecule has 3 aromatic carbocycles. The highest BCUT2D eigenvalue weighted by Crippen LogP contribution is 2.32. The summed E-state index contributed by atoms with van der Waals surface area (Å²) in [6.07, 6.45) is -0.596. The van der Waals surface area contributed by atoms with Crippen LogP contribution in [0.3, 0.4) is 0 Å². The molecule has 0 heterocycles. The number of fused-ring (bicyclic) bond motifs is 2. The highest BCUT2D eigenvalue weighted by Gasteiger charge is 2.11. The molecule has 0 atom stereocenters. The van der Waals surface area contributed by atoms with Crippen LogP contribution in [0, 0.1) is 6.92 Å². The smallest absolute Gasteiger partial charge is 0.411 e. The second kappa shape index (κ2) is 7.91. The van der Waals surface area contributed by atoms with Gasteiger partial charge in [-0.2, -0.15) is 0 Å². The molecule has 0 bridgehead atoms. The van der Waals surface area contributed by atoms with E-state index >= 15 is 0 Å². The number of hydrogen-bond acceptors (Lipinski definition) is 4. The molecule has 138 valence electrons. The maximum Gasteiger partial charge on any atom is 0.411 e. The van der Waals surface area contributed by atoms with Gasteiger partial charge in [0, 0.05) is 11.0 Å². The van der Waals surface area contributed by atoms with Crippen LogP contribution in [0.5, 0.6) is 0 Å². The van der Waals surface area contributed by atoms with E-state index in [1.54, 1.807) is 6.92 Å². The number of esters is 1. The molecule has 0 aliphatic rings. The maximum absolute atomic E-state index is 12.1. The molecule has 1 N–H and O–H groups in total. The van der Waals surface area contributed by atoms with Crippen LogP contribution in [0.15, 0.2) is 60.7 Å². The highest BCUT2D eigenvalue weighted by atomic mass is 16.6. The molecule has 0 saturated carbocycles. The van der Waals surface area contributed by atoms with Crippen LogP contribution >= 0.6 is 0 Å². The van der Waals surface area contributed by atoms with E-state index in [1.165, 1.54) is 0 Å². The summed E-state index contributed by atoms with van der Waals surface area (Å²) in [5, 5.41) is 7.09. The minimum atomic E-state index is -0.596. The number of carbonyl (C=O) groups is 2. The molecule has 5 nitrogen and oxygen atoms in total. The number of benzene rings is 3. The van der Waals surface area contributed by atoms with Gasteiger partial charge in [-0.3, -0.25) is 5.32 Å². The zero-order chi connectivity index (χ0) is 19.4. The molecule has 0 fully saturated rings. The van der Waals surface area contributed by atoms with Crippen molar-refractivity contribution >= 4 is 39.3 Å². The van der Waals surface area contributed by atoms with Gasteiger partial charge in [0.2, 0.25) is 0 Å². The third-order valence-electron chi connectivity index (χ3n) is 4.28. The number of hydrogen-bond donors (Lipinski definition) is 1. The zero-order valence-electron chi connectivity index (χ0n) is 15.4. The summed E-state index contributed by atoms with van der Waals surface area (Å²) in [4.78, 5) is 23.4. The molecule has 0 spiro atoms. The first-order valence-electron chi connectivity index (χ1n) is 8.65. The average Bonchev–Trinajstić information content (AvgIpc) is 2.65. The van der Waals surface area contributed by atoms with E-state index in [2.05, 4.69) is 30.1 Å². The SMILES string of the molecule is C=C(C)C(=O)OCCOC(=O)Nc1cccc2cc3ccccc3c(C)c12. The Bertz CT molecular complexity index is 1040. The lowest BCUT2D eigenvalue weighted by molar-refractivity contribution is -0.139. The van der Waals surface area contributed by atoms with E-state index in [0.29, 0.717) is 11.3 Å². The molecule has 5 heteroatoms. The van der Waals surface area contributed by atoms with E-state index < -0.39 is 12.1 Å². The Balaban J connectivity index is 1.75. The lowest BCUT2D eigenvalue weighted by Gasteiger charge is -2.13. The van der Waals surface area contributed by atoms with Gasteiger partial charge in [-0.1, -0.05) is 43.0 Å². The van der Waals surface area contributed by atoms with Crippen molar-refractivity contribution in [3.63, 3.8) is 0 Å². The lowest BCUT2D eigenvalue weighted by atomic mass is 9.96. The summed E-state index contributed by atoms with van der Waals surface area (Å²) in [7, 11) is 0. The maximum atomic E-state index is 12.1. The quantitative estimate of drug-likeness (QED) is 0.301. The number of anilines is 1. The molecule has 0 aliphatic heterocycles. The number of nitrogens with one attached hydrogen (secondary N) is 1. The Kier molecular flexibility index (Phi) is 5.41. The number of amides is 1. The summed E-state index contributed by atoms with van der Waals surface area (Å²) in [6.45, 7) is 7.04. The summed E-state index contributed by atoms with van der Waals surface area (Å²) in [6, 6.07) is 16.0. The minimum Gasteiger partial charge on any atom is -0.459 e. The van der Waals surface area contributed by atoms with Gasteiger partial charge in [-0.25, -0.2) is 9.59 Å². The standard InChI is InChI=1S/C22H21NO4/c1-14(2)21(24)26-11-12-27-22(25)23-19-10-6-8-17-13-16-7-4-5-9-18(16)15(3)20(17)19/h4-10,13H,1,11-12H2,2-3H3,(H,23,25). The lowest BCUT2D eigenvalue weighted by Crippen LogP contribution is -2.18. The van der Waals surface area contributed by atoms with Crippen LogP contribution in [0.2, 0.25) is 0 Å². The molecule has 1 amide bonds. The number of carbonyl (C=O) groups excluding carboxylic acids is 2. The molecule has 0 saturated heterocycles. The number of ether oxygens (including phenoxy) is 2. The molecule has 0 aromatic heterocycles. The third kappa shape index (κ3) is 4.08. The second-order valence-corrected chi connectivity index (χ2v) is 6.30. The van der Waals surface area contributed by atoms with Crippen molar-refractivity contribution in [1.29, 1.82) is 0 Å². The predicted octanol–water partition coefficient (Wildman–Crippen LogP) is 4.97. The second-order valence-electron chi connectivity index (χ2n) is 6.30.